The Hall–Kier alpha value is -2.76. The second kappa shape index (κ2) is 4.73. The number of nitrogens with zero attached hydrogens (tertiary/aromatic N) is 3. The van der Waals surface area contributed by atoms with Crippen LogP contribution in [0.5, 0.6) is 5.75 Å². The van der Waals surface area contributed by atoms with E-state index in [1.165, 1.54) is 0 Å². The third-order valence-electron chi connectivity index (χ3n) is 3.13. The molecule has 1 aromatic carbocycles. The number of aryl methyl sites for hydroxylation is 1. The Bertz CT molecular complexity index is 744. The number of hydrogen-bond donors (Lipinski definition) is 2. The molecule has 6 heteroatoms. The lowest BCUT2D eigenvalue weighted by Crippen LogP contribution is -1.92. The van der Waals surface area contributed by atoms with Crippen molar-refractivity contribution in [3.8, 4) is 28.3 Å². The first-order valence-electron chi connectivity index (χ1n) is 6.16. The molecule has 0 fully saturated rings. The molecule has 0 atom stereocenters. The van der Waals surface area contributed by atoms with Crippen molar-refractivity contribution in [1.29, 1.82) is 0 Å². The summed E-state index contributed by atoms with van der Waals surface area (Å²) in [5.74, 6) is 1.17. The van der Waals surface area contributed by atoms with Crippen LogP contribution in [0.2, 0.25) is 0 Å². The number of aromatic nitrogens is 4. The van der Waals surface area contributed by atoms with Crippen LogP contribution in [0.3, 0.4) is 0 Å². The third kappa shape index (κ3) is 1.91. The average Bonchev–Trinajstić information content (AvgIpc) is 3.04. The number of ether oxygens (including phenoxy) is 1. The van der Waals surface area contributed by atoms with Gasteiger partial charge in [0.05, 0.1) is 24.7 Å². The predicted octanol–water partition coefficient (Wildman–Crippen LogP) is 2.07. The summed E-state index contributed by atoms with van der Waals surface area (Å²) in [5.41, 5.74) is 9.28. The van der Waals surface area contributed by atoms with Gasteiger partial charge in [0.15, 0.2) is 5.82 Å². The lowest BCUT2D eigenvalue weighted by atomic mass is 10.0. The number of rotatable bonds is 3. The van der Waals surface area contributed by atoms with Gasteiger partial charge in [-0.3, -0.25) is 5.10 Å². The molecule has 2 aromatic heterocycles. The largest absolute Gasteiger partial charge is 0.496 e. The van der Waals surface area contributed by atoms with Gasteiger partial charge in [-0.2, -0.15) is 5.10 Å². The number of hydrogen-bond acceptors (Lipinski definition) is 4. The van der Waals surface area contributed by atoms with Crippen molar-refractivity contribution in [2.45, 2.75) is 0 Å². The highest BCUT2D eigenvalue weighted by Crippen LogP contribution is 2.38. The van der Waals surface area contributed by atoms with Gasteiger partial charge in [0.1, 0.15) is 11.4 Å². The van der Waals surface area contributed by atoms with Crippen LogP contribution in [-0.4, -0.2) is 26.9 Å². The average molecular weight is 269 g/mol. The quantitative estimate of drug-likeness (QED) is 0.762. The number of H-pyrrole nitrogens is 1. The first kappa shape index (κ1) is 12.3. The van der Waals surface area contributed by atoms with Gasteiger partial charge in [-0.05, 0) is 6.07 Å². The van der Waals surface area contributed by atoms with Gasteiger partial charge in [0, 0.05) is 18.8 Å². The number of methoxy groups -OCH3 is 1. The zero-order chi connectivity index (χ0) is 14.1. The Labute approximate surface area is 116 Å². The van der Waals surface area contributed by atoms with Gasteiger partial charge in [0.25, 0.3) is 0 Å². The van der Waals surface area contributed by atoms with Crippen molar-refractivity contribution in [3.63, 3.8) is 0 Å². The van der Waals surface area contributed by atoms with Gasteiger partial charge < -0.3 is 15.0 Å². The fraction of sp³-hybridized carbons (Fsp3) is 0.143. The van der Waals surface area contributed by atoms with Crippen LogP contribution < -0.4 is 10.5 Å². The number of imidazole rings is 1. The highest BCUT2D eigenvalue weighted by molar-refractivity contribution is 5.89. The van der Waals surface area contributed by atoms with Crippen LogP contribution in [0.15, 0.2) is 36.8 Å². The number of nitrogens with one attached hydrogen (secondary N) is 1. The van der Waals surface area contributed by atoms with E-state index >= 15 is 0 Å². The molecular formula is C14H15N5O. The number of benzene rings is 1. The Kier molecular flexibility index (Phi) is 2.90. The molecule has 3 N–H and O–H groups in total. The molecule has 0 amide bonds. The Morgan fingerprint density at radius 2 is 2.10 bits per heavy atom. The summed E-state index contributed by atoms with van der Waals surface area (Å²) in [4.78, 5) is 4.34. The van der Waals surface area contributed by atoms with Crippen molar-refractivity contribution in [2.75, 3.05) is 12.8 Å². The van der Waals surface area contributed by atoms with E-state index in [4.69, 9.17) is 10.5 Å². The molecule has 0 unspecified atom stereocenters. The highest BCUT2D eigenvalue weighted by Gasteiger charge is 2.19. The van der Waals surface area contributed by atoms with Crippen LogP contribution in [0.1, 0.15) is 0 Å². The zero-order valence-electron chi connectivity index (χ0n) is 11.3. The van der Waals surface area contributed by atoms with E-state index in [1.54, 1.807) is 13.4 Å². The molecule has 0 saturated heterocycles. The minimum Gasteiger partial charge on any atom is -0.496 e. The summed E-state index contributed by atoms with van der Waals surface area (Å²) in [5, 5.41) is 7.05. The minimum absolute atomic E-state index is 0.426. The smallest absolute Gasteiger partial charge is 0.153 e. The highest BCUT2D eigenvalue weighted by atomic mass is 16.5. The molecule has 0 aliphatic carbocycles. The summed E-state index contributed by atoms with van der Waals surface area (Å²) < 4.78 is 7.27. The molecule has 0 bridgehead atoms. The number of nitrogens with two attached hydrogens (primary N) is 1. The summed E-state index contributed by atoms with van der Waals surface area (Å²) in [7, 11) is 3.55. The van der Waals surface area contributed by atoms with Crippen molar-refractivity contribution in [1.82, 2.24) is 19.7 Å². The minimum atomic E-state index is 0.426. The topological polar surface area (TPSA) is 81.8 Å². The lowest BCUT2D eigenvalue weighted by Gasteiger charge is -2.08. The Morgan fingerprint density at radius 3 is 2.80 bits per heavy atom. The molecule has 3 aromatic rings. The van der Waals surface area contributed by atoms with E-state index in [1.807, 2.05) is 42.1 Å². The molecule has 6 nitrogen and oxygen atoms in total. The first-order valence-corrected chi connectivity index (χ1v) is 6.16. The standard InChI is InChI=1S/C14H15N5O/c1-19-7-10(16-8-19)13-12(14(15)18-17-13)9-5-3-4-6-11(9)20-2/h3-8H,1-2H3,(H3,15,17,18). The molecule has 0 aliphatic heterocycles. The van der Waals surface area contributed by atoms with E-state index in [2.05, 4.69) is 15.2 Å². The van der Waals surface area contributed by atoms with Crippen molar-refractivity contribution in [3.05, 3.63) is 36.8 Å². The first-order chi connectivity index (χ1) is 9.70. The van der Waals surface area contributed by atoms with E-state index in [-0.39, 0.29) is 0 Å². The molecule has 0 saturated carbocycles. The maximum absolute atomic E-state index is 6.01. The maximum atomic E-state index is 6.01. The fourth-order valence-electron chi connectivity index (χ4n) is 2.21. The van der Waals surface area contributed by atoms with Gasteiger partial charge >= 0.3 is 0 Å². The second-order valence-electron chi connectivity index (χ2n) is 4.48. The van der Waals surface area contributed by atoms with E-state index in [9.17, 15) is 0 Å². The van der Waals surface area contributed by atoms with Crippen molar-refractivity contribution in [2.24, 2.45) is 7.05 Å². The Morgan fingerprint density at radius 1 is 1.30 bits per heavy atom. The summed E-state index contributed by atoms with van der Waals surface area (Å²) >= 11 is 0. The van der Waals surface area contributed by atoms with Crippen LogP contribution >= 0.6 is 0 Å². The summed E-state index contributed by atoms with van der Waals surface area (Å²) in [6, 6.07) is 7.70. The molecular weight excluding hydrogens is 254 g/mol. The van der Waals surface area contributed by atoms with Gasteiger partial charge in [0.2, 0.25) is 0 Å². The SMILES string of the molecule is COc1ccccc1-c1c(N)n[nH]c1-c1cn(C)cn1. The molecule has 0 aliphatic rings. The lowest BCUT2D eigenvalue weighted by molar-refractivity contribution is 0.416. The summed E-state index contributed by atoms with van der Waals surface area (Å²) in [6.07, 6.45) is 3.64. The third-order valence-corrected chi connectivity index (χ3v) is 3.13. The predicted molar refractivity (Wildman–Crippen MR) is 77.2 cm³/mol. The van der Waals surface area contributed by atoms with Crippen LogP contribution in [0.25, 0.3) is 22.5 Å². The van der Waals surface area contributed by atoms with Gasteiger partial charge in [-0.15, -0.1) is 0 Å². The number of aromatic amines is 1. The molecule has 0 spiro atoms. The molecule has 2 heterocycles. The Balaban J connectivity index is 2.21. The second-order valence-corrected chi connectivity index (χ2v) is 4.48. The van der Waals surface area contributed by atoms with E-state index < -0.39 is 0 Å². The fourth-order valence-corrected chi connectivity index (χ4v) is 2.21. The van der Waals surface area contributed by atoms with E-state index in [0.29, 0.717) is 5.82 Å². The van der Waals surface area contributed by atoms with E-state index in [0.717, 1.165) is 28.3 Å². The maximum Gasteiger partial charge on any atom is 0.153 e. The number of nitrogen functional groups attached to an aromatic ring is 1. The number of anilines is 1. The normalized spacial score (nSPS) is 10.7. The molecule has 0 radical (unpaired) electrons. The van der Waals surface area contributed by atoms with Crippen LogP contribution in [0.4, 0.5) is 5.82 Å². The summed E-state index contributed by atoms with van der Waals surface area (Å²) in [6.45, 7) is 0. The number of para-hydroxylation sites is 1. The van der Waals surface area contributed by atoms with Gasteiger partial charge in [-0.25, -0.2) is 4.98 Å². The molecule has 3 rings (SSSR count). The molecule has 102 valence electrons. The molecule has 20 heavy (non-hydrogen) atoms. The monoisotopic (exact) mass is 269 g/mol. The van der Waals surface area contributed by atoms with Crippen LogP contribution in [-0.2, 0) is 7.05 Å². The van der Waals surface area contributed by atoms with Crippen molar-refractivity contribution < 1.29 is 4.74 Å². The van der Waals surface area contributed by atoms with Crippen LogP contribution in [0, 0.1) is 0 Å². The van der Waals surface area contributed by atoms with Crippen molar-refractivity contribution >= 4 is 5.82 Å². The zero-order valence-corrected chi connectivity index (χ0v) is 11.3. The van der Waals surface area contributed by atoms with Gasteiger partial charge in [-0.1, -0.05) is 18.2 Å².